The van der Waals surface area contributed by atoms with Gasteiger partial charge in [-0.15, -0.1) is 11.8 Å². The summed E-state index contributed by atoms with van der Waals surface area (Å²) in [5.74, 6) is -1.91. The van der Waals surface area contributed by atoms with E-state index >= 15 is 0 Å². The van der Waals surface area contributed by atoms with E-state index in [9.17, 15) is 19.5 Å². The number of hydrogen-bond acceptors (Lipinski definition) is 12. The monoisotopic (exact) mass is 498 g/mol. The largest absolute Gasteiger partial charge is 0.477 e. The van der Waals surface area contributed by atoms with Crippen LogP contribution in [-0.2, 0) is 19.2 Å². The summed E-state index contributed by atoms with van der Waals surface area (Å²) in [6.45, 7) is 1.62. The van der Waals surface area contributed by atoms with Gasteiger partial charge < -0.3 is 26.7 Å². The lowest BCUT2D eigenvalue weighted by Gasteiger charge is -2.49. The Balaban J connectivity index is 1.76. The topological polar surface area (TPSA) is 198 Å². The first-order valence-electron chi connectivity index (χ1n) is 8.78. The summed E-state index contributed by atoms with van der Waals surface area (Å²) in [6.07, 6.45) is 1.44. The Hall–Kier alpha value is -3.11. The second-order valence-corrected chi connectivity index (χ2v) is 9.08. The molecule has 32 heavy (non-hydrogen) atoms. The number of thioether (sulfide) groups is 2. The number of anilines is 1. The van der Waals surface area contributed by atoms with Crippen LogP contribution in [0.2, 0.25) is 0 Å². The van der Waals surface area contributed by atoms with Gasteiger partial charge >= 0.3 is 5.97 Å². The fraction of sp³-hybridized carbons (Fsp3) is 0.312. The predicted molar refractivity (Wildman–Crippen MR) is 122 cm³/mol. The average molecular weight is 499 g/mol. The molecule has 3 heterocycles. The maximum absolute atomic E-state index is 12.7. The highest BCUT2D eigenvalue weighted by Crippen LogP contribution is 2.43. The van der Waals surface area contributed by atoms with Crippen molar-refractivity contribution in [1.29, 1.82) is 0 Å². The van der Waals surface area contributed by atoms with Gasteiger partial charge in [-0.05, 0) is 12.3 Å². The first-order chi connectivity index (χ1) is 15.2. The van der Waals surface area contributed by atoms with E-state index in [1.807, 2.05) is 0 Å². The molecule has 0 radical (unpaired) electrons. The quantitative estimate of drug-likeness (QED) is 0.159. The zero-order valence-corrected chi connectivity index (χ0v) is 19.2. The zero-order chi connectivity index (χ0) is 23.4. The maximum atomic E-state index is 12.7. The fourth-order valence-electron chi connectivity index (χ4n) is 2.76. The molecule has 3 rings (SSSR count). The number of carboxylic acids is 1. The molecule has 1 aromatic heterocycles. The zero-order valence-electron chi connectivity index (χ0n) is 16.7. The maximum Gasteiger partial charge on any atom is 0.353 e. The first kappa shape index (κ1) is 23.6. The minimum atomic E-state index is -1.24. The number of nitrogens with zero attached hydrogens (tertiary/aromatic N) is 5. The van der Waals surface area contributed by atoms with Crippen molar-refractivity contribution in [3.05, 3.63) is 28.0 Å². The van der Waals surface area contributed by atoms with Crippen LogP contribution in [0.4, 0.5) is 5.13 Å². The molecule has 1 saturated heterocycles. The Labute approximate surface area is 194 Å². The molecule has 0 saturated carbocycles. The molecular weight excluding hydrogens is 480 g/mol. The Morgan fingerprint density at radius 2 is 2.22 bits per heavy atom. The molecule has 2 atom stereocenters. The van der Waals surface area contributed by atoms with Crippen molar-refractivity contribution < 1.29 is 24.3 Å². The molecule has 0 aromatic carbocycles. The number of nitrogens with one attached hydrogen (secondary N) is 1. The average Bonchev–Trinajstić information content (AvgIpc) is 3.17. The number of carbonyl (C=O) groups excluding carboxylic acids is 2. The molecule has 13 nitrogen and oxygen atoms in total. The molecule has 170 valence electrons. The molecule has 6 N–H and O–H groups in total. The number of nitrogens with two attached hydrogens (primary N) is 2. The second kappa shape index (κ2) is 10.0. The van der Waals surface area contributed by atoms with E-state index in [4.69, 9.17) is 11.5 Å². The van der Waals surface area contributed by atoms with E-state index in [1.54, 1.807) is 12.3 Å². The number of aliphatic imine (C=N–C) groups is 1. The molecule has 0 aliphatic carbocycles. The molecule has 16 heteroatoms. The lowest BCUT2D eigenvalue weighted by molar-refractivity contribution is -0.150. The van der Waals surface area contributed by atoms with Crippen molar-refractivity contribution in [1.82, 2.24) is 19.6 Å². The number of amidine groups is 1. The second-order valence-electron chi connectivity index (χ2n) is 6.19. The Kier molecular flexibility index (Phi) is 7.37. The van der Waals surface area contributed by atoms with Crippen molar-refractivity contribution in [3.63, 3.8) is 0 Å². The van der Waals surface area contributed by atoms with Crippen molar-refractivity contribution in [2.45, 2.75) is 18.3 Å². The van der Waals surface area contributed by atoms with Gasteiger partial charge in [-0.2, -0.15) is 9.36 Å². The molecule has 0 bridgehead atoms. The molecule has 2 aliphatic heterocycles. The fourth-order valence-corrected chi connectivity index (χ4v) is 5.45. The summed E-state index contributed by atoms with van der Waals surface area (Å²) in [7, 11) is 1.24. The Morgan fingerprint density at radius 3 is 2.81 bits per heavy atom. The summed E-state index contributed by atoms with van der Waals surface area (Å²) < 4.78 is 3.92. The van der Waals surface area contributed by atoms with Crippen LogP contribution >= 0.6 is 35.1 Å². The summed E-state index contributed by atoms with van der Waals surface area (Å²) in [4.78, 5) is 51.4. The van der Waals surface area contributed by atoms with Gasteiger partial charge in [0.15, 0.2) is 5.13 Å². The SMILES string of the molecule is CO/N=C(\C(=O)NC1C(=O)N2C(C(=O)O)=C(S/C=C\N=C(C)N)CS[C@H]12)c1nsc(N)n1. The number of aliphatic carboxylic acids is 1. The lowest BCUT2D eigenvalue weighted by atomic mass is 10.0. The Bertz CT molecular complexity index is 1060. The van der Waals surface area contributed by atoms with Crippen LogP contribution in [0.5, 0.6) is 0 Å². The number of β-lactam (4-membered cyclic amide) rings is 1. The van der Waals surface area contributed by atoms with E-state index in [2.05, 4.69) is 29.7 Å². The lowest BCUT2D eigenvalue weighted by Crippen LogP contribution is -2.71. The molecule has 1 fully saturated rings. The number of oxime groups is 1. The molecular formula is C16H18N8O5S3. The number of fused-ring (bicyclic) bond motifs is 1. The van der Waals surface area contributed by atoms with Crippen molar-refractivity contribution in [3.8, 4) is 0 Å². The highest BCUT2D eigenvalue weighted by atomic mass is 32.2. The van der Waals surface area contributed by atoms with Crippen LogP contribution in [0.3, 0.4) is 0 Å². The number of amides is 2. The van der Waals surface area contributed by atoms with Crippen molar-refractivity contribution >= 4 is 69.5 Å². The van der Waals surface area contributed by atoms with E-state index in [1.165, 1.54) is 25.1 Å². The van der Waals surface area contributed by atoms with E-state index in [0.717, 1.165) is 28.2 Å². The smallest absolute Gasteiger partial charge is 0.353 e. The first-order valence-corrected chi connectivity index (χ1v) is 11.5. The number of rotatable bonds is 8. The van der Waals surface area contributed by atoms with Crippen LogP contribution in [0.15, 0.2) is 32.4 Å². The van der Waals surface area contributed by atoms with Gasteiger partial charge in [0, 0.05) is 28.4 Å². The van der Waals surface area contributed by atoms with Crippen LogP contribution in [0.1, 0.15) is 12.7 Å². The summed E-state index contributed by atoms with van der Waals surface area (Å²) in [5, 5.41) is 17.0. The Morgan fingerprint density at radius 1 is 1.47 bits per heavy atom. The normalized spacial score (nSPS) is 21.4. The van der Waals surface area contributed by atoms with Crippen molar-refractivity contribution in [2.24, 2.45) is 15.9 Å². The van der Waals surface area contributed by atoms with Crippen LogP contribution in [0, 0.1) is 0 Å². The molecule has 1 aromatic rings. The van der Waals surface area contributed by atoms with Crippen LogP contribution in [0.25, 0.3) is 0 Å². The number of aromatic nitrogens is 2. The predicted octanol–water partition coefficient (Wildman–Crippen LogP) is -0.252. The number of hydrogen-bond donors (Lipinski definition) is 4. The van der Waals surface area contributed by atoms with Gasteiger partial charge in [0.2, 0.25) is 11.5 Å². The molecule has 2 aliphatic rings. The van der Waals surface area contributed by atoms with Gasteiger partial charge in [-0.25, -0.2) is 9.79 Å². The summed E-state index contributed by atoms with van der Waals surface area (Å²) in [5.41, 5.74) is 10.6. The number of nitrogen functional groups attached to an aromatic ring is 1. The number of carboxylic acid groups (broad SMARTS) is 1. The minimum Gasteiger partial charge on any atom is -0.477 e. The highest BCUT2D eigenvalue weighted by Gasteiger charge is 2.54. The standard InChI is InChI=1S/C16H18N8O5S3/c1-6(17)19-3-4-30-7-5-31-14-9(13(26)24(14)10(7)15(27)28)20-12(25)8(22-29-2)11-21-16(18)32-23-11/h3-4,9,14H,5H2,1-2H3,(H2,17,19)(H,20,25)(H,27,28)(H2,18,21,23)/b4-3-,22-8-/t9?,14-/m1/s1. The van der Waals surface area contributed by atoms with Crippen LogP contribution in [-0.4, -0.2) is 73.0 Å². The van der Waals surface area contributed by atoms with E-state index in [0.29, 0.717) is 16.5 Å². The van der Waals surface area contributed by atoms with E-state index < -0.39 is 29.2 Å². The van der Waals surface area contributed by atoms with Gasteiger partial charge in [-0.1, -0.05) is 16.9 Å². The van der Waals surface area contributed by atoms with Gasteiger partial charge in [0.1, 0.15) is 24.2 Å². The third-order valence-corrected chi connectivity index (χ3v) is 6.91. The third-order valence-electron chi connectivity index (χ3n) is 4.02. The number of carbonyl (C=O) groups is 3. The molecule has 1 unspecified atom stereocenters. The third kappa shape index (κ3) is 4.86. The minimum absolute atomic E-state index is 0.0428. The molecule has 2 amide bonds. The molecule has 0 spiro atoms. The highest BCUT2D eigenvalue weighted by molar-refractivity contribution is 8.08. The van der Waals surface area contributed by atoms with Gasteiger partial charge in [0.25, 0.3) is 11.8 Å². The summed E-state index contributed by atoms with van der Waals surface area (Å²) >= 11 is 3.33. The van der Waals surface area contributed by atoms with Crippen molar-refractivity contribution in [2.75, 3.05) is 18.6 Å². The van der Waals surface area contributed by atoms with Crippen LogP contribution < -0.4 is 16.8 Å². The van der Waals surface area contributed by atoms with E-state index in [-0.39, 0.29) is 22.4 Å². The van der Waals surface area contributed by atoms with Gasteiger partial charge in [0.05, 0.1) is 5.84 Å². The summed E-state index contributed by atoms with van der Waals surface area (Å²) in [6, 6.07) is -0.952. The van der Waals surface area contributed by atoms with Gasteiger partial charge in [-0.3, -0.25) is 14.5 Å².